The lowest BCUT2D eigenvalue weighted by atomic mass is 9.76. The summed E-state index contributed by atoms with van der Waals surface area (Å²) in [5.41, 5.74) is 11.8. The Kier molecular flexibility index (Phi) is 7.53. The molecule has 6 aromatic carbocycles. The van der Waals surface area contributed by atoms with E-state index in [9.17, 15) is 0 Å². The van der Waals surface area contributed by atoms with Crippen LogP contribution in [0.3, 0.4) is 0 Å². The van der Waals surface area contributed by atoms with Gasteiger partial charge in [0.05, 0.1) is 11.2 Å². The summed E-state index contributed by atoms with van der Waals surface area (Å²) >= 11 is 0. The highest BCUT2D eigenvalue weighted by molar-refractivity contribution is 6.62. The van der Waals surface area contributed by atoms with Crippen LogP contribution in [0.25, 0.3) is 55.6 Å². The maximum atomic E-state index is 6.59. The third-order valence-electron chi connectivity index (χ3n) is 9.26. The molecule has 2 nitrogen and oxygen atoms in total. The molecule has 0 atom stereocenters. The fourth-order valence-corrected chi connectivity index (χ4v) is 6.00. The summed E-state index contributed by atoms with van der Waals surface area (Å²) in [6.45, 7) is 8.43. The first-order valence-corrected chi connectivity index (χ1v) is 15.7. The Morgan fingerprint density at radius 2 is 0.622 bits per heavy atom. The standard InChI is InChI=1S/C42H37BO2/c1-41(2)42(3,4)45-43(44-41)40-28-38(34-22-14-21-33(23-34)30-15-8-5-9-16-30)27-39(29-40)37-25-35(31-17-10-6-11-18-31)24-36(26-37)32-19-12-7-13-20-32/h5-29H,1-4H3. The van der Waals surface area contributed by atoms with E-state index in [2.05, 4.69) is 179 Å². The van der Waals surface area contributed by atoms with E-state index < -0.39 is 18.3 Å². The Hall–Kier alpha value is -4.70. The fourth-order valence-electron chi connectivity index (χ4n) is 6.00. The van der Waals surface area contributed by atoms with Gasteiger partial charge in [-0.25, -0.2) is 0 Å². The van der Waals surface area contributed by atoms with Gasteiger partial charge in [0, 0.05) is 0 Å². The smallest absolute Gasteiger partial charge is 0.399 e. The van der Waals surface area contributed by atoms with E-state index in [1.165, 1.54) is 33.4 Å². The normalized spacial score (nSPS) is 15.2. The molecule has 3 heteroatoms. The molecule has 0 spiro atoms. The maximum Gasteiger partial charge on any atom is 0.494 e. The molecular formula is C42H37BO2. The summed E-state index contributed by atoms with van der Waals surface area (Å²) in [5, 5.41) is 0. The van der Waals surface area contributed by atoms with Crippen molar-refractivity contribution in [3.05, 3.63) is 152 Å². The van der Waals surface area contributed by atoms with Gasteiger partial charge in [-0.3, -0.25) is 0 Å². The zero-order valence-electron chi connectivity index (χ0n) is 26.3. The zero-order valence-corrected chi connectivity index (χ0v) is 26.3. The average molecular weight is 585 g/mol. The lowest BCUT2D eigenvalue weighted by Gasteiger charge is -2.32. The summed E-state index contributed by atoms with van der Waals surface area (Å²) in [4.78, 5) is 0. The molecule has 0 N–H and O–H groups in total. The zero-order chi connectivity index (χ0) is 31.0. The summed E-state index contributed by atoms with van der Waals surface area (Å²) in [6.07, 6.45) is 0. The van der Waals surface area contributed by atoms with Gasteiger partial charge in [-0.1, -0.05) is 121 Å². The van der Waals surface area contributed by atoms with Gasteiger partial charge < -0.3 is 9.31 Å². The van der Waals surface area contributed by atoms with E-state index in [0.717, 1.165) is 27.7 Å². The first kappa shape index (κ1) is 29.0. The topological polar surface area (TPSA) is 18.5 Å². The fraction of sp³-hybridized carbons (Fsp3) is 0.143. The molecule has 0 aliphatic carbocycles. The van der Waals surface area contributed by atoms with E-state index >= 15 is 0 Å². The first-order chi connectivity index (χ1) is 21.8. The van der Waals surface area contributed by atoms with E-state index in [1.807, 2.05) is 0 Å². The Bertz CT molecular complexity index is 1870. The van der Waals surface area contributed by atoms with Crippen LogP contribution in [0.15, 0.2) is 152 Å². The Morgan fingerprint density at radius 3 is 1.07 bits per heavy atom. The number of hydrogen-bond acceptors (Lipinski definition) is 2. The minimum absolute atomic E-state index is 0.436. The summed E-state index contributed by atoms with van der Waals surface area (Å²) < 4.78 is 13.2. The second kappa shape index (κ2) is 11.7. The molecule has 1 fully saturated rings. The Balaban J connectivity index is 1.41. The van der Waals surface area contributed by atoms with Crippen molar-refractivity contribution < 1.29 is 9.31 Å². The molecule has 1 saturated heterocycles. The predicted molar refractivity (Wildman–Crippen MR) is 189 cm³/mol. The van der Waals surface area contributed by atoms with E-state index in [4.69, 9.17) is 9.31 Å². The summed E-state index contributed by atoms with van der Waals surface area (Å²) in [5.74, 6) is 0. The monoisotopic (exact) mass is 584 g/mol. The SMILES string of the molecule is CC1(C)OB(c2cc(-c3cccc(-c4ccccc4)c3)cc(-c3cc(-c4ccccc4)cc(-c4ccccc4)c3)c2)OC1(C)C. The molecule has 0 saturated carbocycles. The molecule has 1 aliphatic rings. The first-order valence-electron chi connectivity index (χ1n) is 15.7. The predicted octanol–water partition coefficient (Wildman–Crippen LogP) is 10.3. The molecular weight excluding hydrogens is 547 g/mol. The van der Waals surface area contributed by atoms with Crippen LogP contribution < -0.4 is 5.46 Å². The third kappa shape index (κ3) is 5.90. The average Bonchev–Trinajstić information content (AvgIpc) is 3.31. The second-order valence-electron chi connectivity index (χ2n) is 12.9. The number of hydrogen-bond donors (Lipinski definition) is 0. The molecule has 0 bridgehead atoms. The Labute approximate surface area is 267 Å². The number of rotatable bonds is 6. The van der Waals surface area contributed by atoms with E-state index in [-0.39, 0.29) is 0 Å². The number of benzene rings is 6. The third-order valence-corrected chi connectivity index (χ3v) is 9.26. The van der Waals surface area contributed by atoms with Crippen molar-refractivity contribution in [2.24, 2.45) is 0 Å². The van der Waals surface area contributed by atoms with Crippen molar-refractivity contribution >= 4 is 12.6 Å². The largest absolute Gasteiger partial charge is 0.494 e. The summed E-state index contributed by atoms with van der Waals surface area (Å²) in [6, 6.07) is 54.2. The van der Waals surface area contributed by atoms with Gasteiger partial charge in [-0.2, -0.15) is 0 Å². The molecule has 7 rings (SSSR count). The molecule has 1 heterocycles. The van der Waals surface area contributed by atoms with Gasteiger partial charge in [0.25, 0.3) is 0 Å². The Morgan fingerprint density at radius 1 is 0.333 bits per heavy atom. The van der Waals surface area contributed by atoms with Crippen LogP contribution in [0.4, 0.5) is 0 Å². The molecule has 0 amide bonds. The lowest BCUT2D eigenvalue weighted by Crippen LogP contribution is -2.41. The van der Waals surface area contributed by atoms with Crippen molar-refractivity contribution in [1.82, 2.24) is 0 Å². The van der Waals surface area contributed by atoms with Gasteiger partial charge in [0.15, 0.2) is 0 Å². The minimum atomic E-state index is -0.475. The minimum Gasteiger partial charge on any atom is -0.399 e. The second-order valence-corrected chi connectivity index (χ2v) is 12.9. The molecule has 0 radical (unpaired) electrons. The van der Waals surface area contributed by atoms with Crippen LogP contribution in [0, 0.1) is 0 Å². The van der Waals surface area contributed by atoms with Gasteiger partial charge in [-0.05, 0) is 119 Å². The highest BCUT2D eigenvalue weighted by atomic mass is 16.7. The van der Waals surface area contributed by atoms with Gasteiger partial charge in [0.1, 0.15) is 0 Å². The molecule has 0 aromatic heterocycles. The van der Waals surface area contributed by atoms with Crippen LogP contribution in [-0.2, 0) is 9.31 Å². The van der Waals surface area contributed by atoms with Crippen LogP contribution in [0.1, 0.15) is 27.7 Å². The molecule has 6 aromatic rings. The van der Waals surface area contributed by atoms with Crippen LogP contribution in [-0.4, -0.2) is 18.3 Å². The van der Waals surface area contributed by atoms with Crippen molar-refractivity contribution in [2.75, 3.05) is 0 Å². The highest BCUT2D eigenvalue weighted by Gasteiger charge is 2.51. The van der Waals surface area contributed by atoms with Crippen molar-refractivity contribution in [3.8, 4) is 55.6 Å². The molecule has 45 heavy (non-hydrogen) atoms. The van der Waals surface area contributed by atoms with Crippen molar-refractivity contribution in [3.63, 3.8) is 0 Å². The van der Waals surface area contributed by atoms with Crippen LogP contribution in [0.5, 0.6) is 0 Å². The van der Waals surface area contributed by atoms with Crippen molar-refractivity contribution in [2.45, 2.75) is 38.9 Å². The van der Waals surface area contributed by atoms with Gasteiger partial charge in [0.2, 0.25) is 0 Å². The van der Waals surface area contributed by atoms with Crippen LogP contribution in [0.2, 0.25) is 0 Å². The lowest BCUT2D eigenvalue weighted by molar-refractivity contribution is 0.00578. The van der Waals surface area contributed by atoms with Crippen LogP contribution >= 0.6 is 0 Å². The molecule has 220 valence electrons. The van der Waals surface area contributed by atoms with Gasteiger partial charge in [-0.15, -0.1) is 0 Å². The molecule has 0 unspecified atom stereocenters. The highest BCUT2D eigenvalue weighted by Crippen LogP contribution is 2.39. The van der Waals surface area contributed by atoms with Gasteiger partial charge >= 0.3 is 7.12 Å². The van der Waals surface area contributed by atoms with E-state index in [0.29, 0.717) is 0 Å². The quantitative estimate of drug-likeness (QED) is 0.181. The maximum absolute atomic E-state index is 6.59. The summed E-state index contributed by atoms with van der Waals surface area (Å²) in [7, 11) is -0.475. The molecule has 1 aliphatic heterocycles. The van der Waals surface area contributed by atoms with Crippen molar-refractivity contribution in [1.29, 1.82) is 0 Å². The van der Waals surface area contributed by atoms with E-state index in [1.54, 1.807) is 0 Å².